The highest BCUT2D eigenvalue weighted by molar-refractivity contribution is 6.32. The summed E-state index contributed by atoms with van der Waals surface area (Å²) in [5.74, 6) is 0.561. The lowest BCUT2D eigenvalue weighted by molar-refractivity contribution is -0.120. The lowest BCUT2D eigenvalue weighted by atomic mass is 10.2. The number of hydrogen-bond acceptors (Lipinski definition) is 5. The van der Waals surface area contributed by atoms with Crippen LogP contribution in [0, 0.1) is 0 Å². The monoisotopic (exact) mass is 382 g/mol. The zero-order chi connectivity index (χ0) is 18.2. The van der Waals surface area contributed by atoms with E-state index >= 15 is 0 Å². The molecule has 0 aliphatic carbocycles. The average Bonchev–Trinajstić information content (AvgIpc) is 2.60. The molecule has 0 atom stereocenters. The van der Waals surface area contributed by atoms with Gasteiger partial charge in [0.25, 0.3) is 5.91 Å². The number of benzene rings is 2. The molecule has 1 N–H and O–H groups in total. The van der Waals surface area contributed by atoms with Gasteiger partial charge in [-0.1, -0.05) is 28.4 Å². The van der Waals surface area contributed by atoms with E-state index in [1.54, 1.807) is 36.4 Å². The van der Waals surface area contributed by atoms with E-state index in [9.17, 15) is 4.79 Å². The maximum Gasteiger partial charge on any atom is 0.265 e. The van der Waals surface area contributed by atoms with Crippen molar-refractivity contribution in [2.24, 2.45) is 5.16 Å². The maximum atomic E-state index is 11.7. The predicted molar refractivity (Wildman–Crippen MR) is 98.2 cm³/mol. The van der Waals surface area contributed by atoms with Crippen LogP contribution >= 0.6 is 23.2 Å². The Morgan fingerprint density at radius 3 is 2.52 bits per heavy atom. The molecule has 0 spiro atoms. The summed E-state index contributed by atoms with van der Waals surface area (Å²) in [7, 11) is 3.01. The Labute approximate surface area is 155 Å². The second-order valence-corrected chi connectivity index (χ2v) is 5.64. The van der Waals surface area contributed by atoms with Gasteiger partial charge in [-0.25, -0.2) is 0 Å². The zero-order valence-corrected chi connectivity index (χ0v) is 15.1. The maximum absolute atomic E-state index is 11.7. The summed E-state index contributed by atoms with van der Waals surface area (Å²) >= 11 is 11.9. The predicted octanol–water partition coefficient (Wildman–Crippen LogP) is 4.00. The highest BCUT2D eigenvalue weighted by atomic mass is 35.5. The quantitative estimate of drug-likeness (QED) is 0.580. The van der Waals surface area contributed by atoms with E-state index in [-0.39, 0.29) is 12.5 Å². The molecule has 0 aliphatic rings. The smallest absolute Gasteiger partial charge is 0.265 e. The third-order valence-electron chi connectivity index (χ3n) is 3.06. The SMILES string of the molecule is COc1cc(/C=N\OCC(=O)Nc2ccc(Cl)cc2)cc(Cl)c1OC. The molecule has 2 aromatic carbocycles. The standard InChI is InChI=1S/C17H16Cl2N2O4/c1-23-15-8-11(7-14(19)17(15)24-2)9-20-25-10-16(22)21-13-5-3-12(18)4-6-13/h3-9H,10H2,1-2H3,(H,21,22)/b20-9-. The van der Waals surface area contributed by atoms with Crippen LogP contribution in [0.4, 0.5) is 5.69 Å². The summed E-state index contributed by atoms with van der Waals surface area (Å²) in [5, 5.41) is 7.37. The summed E-state index contributed by atoms with van der Waals surface area (Å²) in [6, 6.07) is 10.1. The van der Waals surface area contributed by atoms with Gasteiger partial charge in [0.2, 0.25) is 0 Å². The van der Waals surface area contributed by atoms with Crippen molar-refractivity contribution in [3.8, 4) is 11.5 Å². The van der Waals surface area contributed by atoms with E-state index in [1.165, 1.54) is 20.4 Å². The molecule has 0 aliphatic heterocycles. The van der Waals surface area contributed by atoms with Crippen LogP contribution in [0.5, 0.6) is 11.5 Å². The Bertz CT molecular complexity index is 764. The van der Waals surface area contributed by atoms with Crippen molar-refractivity contribution >= 4 is 41.0 Å². The number of halogens is 2. The number of hydrogen-bond donors (Lipinski definition) is 1. The highest BCUT2D eigenvalue weighted by Crippen LogP contribution is 2.35. The fraction of sp³-hybridized carbons (Fsp3) is 0.176. The first-order valence-electron chi connectivity index (χ1n) is 7.15. The van der Waals surface area contributed by atoms with E-state index in [4.69, 9.17) is 37.5 Å². The molecule has 0 unspecified atom stereocenters. The summed E-state index contributed by atoms with van der Waals surface area (Å²) in [6.45, 7) is -0.236. The number of methoxy groups -OCH3 is 2. The zero-order valence-electron chi connectivity index (χ0n) is 13.6. The van der Waals surface area contributed by atoms with Crippen molar-refractivity contribution in [1.29, 1.82) is 0 Å². The van der Waals surface area contributed by atoms with Crippen molar-refractivity contribution in [3.05, 3.63) is 52.0 Å². The van der Waals surface area contributed by atoms with Gasteiger partial charge in [0.1, 0.15) is 0 Å². The summed E-state index contributed by atoms with van der Waals surface area (Å²) in [5.41, 5.74) is 1.26. The first-order valence-corrected chi connectivity index (χ1v) is 7.91. The van der Waals surface area contributed by atoms with Crippen LogP contribution in [0.1, 0.15) is 5.56 Å². The molecule has 2 aromatic rings. The normalized spacial score (nSPS) is 10.6. The number of nitrogens with one attached hydrogen (secondary N) is 1. The Kier molecular flexibility index (Phi) is 6.91. The molecule has 0 heterocycles. The van der Waals surface area contributed by atoms with E-state index in [1.807, 2.05) is 0 Å². The van der Waals surface area contributed by atoms with E-state index in [0.29, 0.717) is 32.8 Å². The van der Waals surface area contributed by atoms with Crippen molar-refractivity contribution in [1.82, 2.24) is 0 Å². The number of oxime groups is 1. The largest absolute Gasteiger partial charge is 0.493 e. The second-order valence-electron chi connectivity index (χ2n) is 4.80. The lowest BCUT2D eigenvalue weighted by Gasteiger charge is -2.09. The van der Waals surface area contributed by atoms with Crippen molar-refractivity contribution in [2.45, 2.75) is 0 Å². The lowest BCUT2D eigenvalue weighted by Crippen LogP contribution is -2.16. The molecule has 25 heavy (non-hydrogen) atoms. The van der Waals surface area contributed by atoms with Gasteiger partial charge in [-0.2, -0.15) is 0 Å². The summed E-state index contributed by atoms with van der Waals surface area (Å²) in [6.07, 6.45) is 1.42. The molecule has 0 saturated carbocycles. The third kappa shape index (κ3) is 5.55. The minimum absolute atomic E-state index is 0.236. The number of rotatable bonds is 7. The molecular formula is C17H16Cl2N2O4. The van der Waals surface area contributed by atoms with E-state index < -0.39 is 0 Å². The van der Waals surface area contributed by atoms with Crippen LogP contribution in [-0.2, 0) is 9.63 Å². The second kappa shape index (κ2) is 9.15. The minimum atomic E-state index is -0.343. The molecule has 2 rings (SSSR count). The number of nitrogens with zero attached hydrogens (tertiary/aromatic N) is 1. The number of amides is 1. The van der Waals surface area contributed by atoms with Gasteiger partial charge in [0.15, 0.2) is 18.1 Å². The molecule has 0 aromatic heterocycles. The van der Waals surface area contributed by atoms with Gasteiger partial charge < -0.3 is 19.6 Å². The number of carbonyl (C=O) groups is 1. The van der Waals surface area contributed by atoms with Gasteiger partial charge >= 0.3 is 0 Å². The van der Waals surface area contributed by atoms with Crippen LogP contribution in [0.25, 0.3) is 0 Å². The summed E-state index contributed by atoms with van der Waals surface area (Å²) < 4.78 is 10.3. The number of carbonyl (C=O) groups excluding carboxylic acids is 1. The van der Waals surface area contributed by atoms with Crippen molar-refractivity contribution < 1.29 is 19.1 Å². The van der Waals surface area contributed by atoms with Gasteiger partial charge in [-0.15, -0.1) is 0 Å². The van der Waals surface area contributed by atoms with Gasteiger partial charge in [0, 0.05) is 16.3 Å². The number of ether oxygens (including phenoxy) is 2. The fourth-order valence-electron chi connectivity index (χ4n) is 1.94. The summed E-state index contributed by atoms with van der Waals surface area (Å²) in [4.78, 5) is 16.7. The van der Waals surface area contributed by atoms with Crippen LogP contribution < -0.4 is 14.8 Å². The third-order valence-corrected chi connectivity index (χ3v) is 3.59. The van der Waals surface area contributed by atoms with Crippen LogP contribution in [0.3, 0.4) is 0 Å². The molecule has 132 valence electrons. The minimum Gasteiger partial charge on any atom is -0.493 e. The molecule has 6 nitrogen and oxygen atoms in total. The first kappa shape index (κ1) is 18.9. The van der Waals surface area contributed by atoms with E-state index in [0.717, 1.165) is 0 Å². The molecule has 8 heteroatoms. The highest BCUT2D eigenvalue weighted by Gasteiger charge is 2.10. The van der Waals surface area contributed by atoms with Crippen molar-refractivity contribution in [3.63, 3.8) is 0 Å². The van der Waals surface area contributed by atoms with Gasteiger partial charge in [0.05, 0.1) is 25.5 Å². The molecule has 0 saturated heterocycles. The molecule has 1 amide bonds. The number of anilines is 1. The van der Waals surface area contributed by atoms with Crippen LogP contribution in [-0.4, -0.2) is 32.9 Å². The topological polar surface area (TPSA) is 69.2 Å². The van der Waals surface area contributed by atoms with E-state index in [2.05, 4.69) is 10.5 Å². The Balaban J connectivity index is 1.89. The van der Waals surface area contributed by atoms with Crippen LogP contribution in [0.2, 0.25) is 10.0 Å². The molecule has 0 radical (unpaired) electrons. The molecule has 0 fully saturated rings. The van der Waals surface area contributed by atoms with Crippen LogP contribution in [0.15, 0.2) is 41.6 Å². The van der Waals surface area contributed by atoms with Crippen molar-refractivity contribution in [2.75, 3.05) is 26.1 Å². The fourth-order valence-corrected chi connectivity index (χ4v) is 2.36. The molecule has 0 bridgehead atoms. The Morgan fingerprint density at radius 1 is 1.16 bits per heavy atom. The first-order chi connectivity index (χ1) is 12.0. The van der Waals surface area contributed by atoms with Gasteiger partial charge in [-0.05, 0) is 36.4 Å². The average molecular weight is 383 g/mol. The Hall–Kier alpha value is -2.44. The van der Waals surface area contributed by atoms with Gasteiger partial charge in [-0.3, -0.25) is 4.79 Å². The Morgan fingerprint density at radius 2 is 1.88 bits per heavy atom. The molecular weight excluding hydrogens is 367 g/mol.